The molecular formula is C9H10FNO2. The molecule has 1 aromatic heterocycles. The first-order valence-corrected chi connectivity index (χ1v) is 3.79. The second-order valence-corrected chi connectivity index (χ2v) is 3.24. The van der Waals surface area contributed by atoms with Gasteiger partial charge in [-0.25, -0.2) is 4.39 Å². The summed E-state index contributed by atoms with van der Waals surface area (Å²) in [4.78, 5) is 14.9. The molecule has 0 saturated heterocycles. The number of aromatic nitrogens is 1. The lowest BCUT2D eigenvalue weighted by atomic mass is 9.97. The Morgan fingerprint density at radius 1 is 1.62 bits per heavy atom. The number of Topliss-reactive ketones (excluding diaryl/α,β-unsaturated/α-hetero) is 1. The molecular weight excluding hydrogens is 173 g/mol. The van der Waals surface area contributed by atoms with Gasteiger partial charge in [-0.2, -0.15) is 0 Å². The van der Waals surface area contributed by atoms with E-state index in [0.29, 0.717) is 0 Å². The molecule has 1 rings (SSSR count). The summed E-state index contributed by atoms with van der Waals surface area (Å²) in [7, 11) is 0. The third-order valence-electron chi connectivity index (χ3n) is 1.57. The first kappa shape index (κ1) is 9.80. The summed E-state index contributed by atoms with van der Waals surface area (Å²) in [5.41, 5.74) is -1.69. The Hall–Kier alpha value is -1.29. The number of halogens is 1. The molecule has 1 heterocycles. The van der Waals surface area contributed by atoms with Crippen LogP contribution in [0.15, 0.2) is 18.5 Å². The summed E-state index contributed by atoms with van der Waals surface area (Å²) in [5, 5.41) is 9.33. The van der Waals surface area contributed by atoms with Crippen LogP contribution in [0, 0.1) is 5.82 Å². The van der Waals surface area contributed by atoms with Crippen LogP contribution in [0.5, 0.6) is 0 Å². The second kappa shape index (κ2) is 3.22. The Bertz CT molecular complexity index is 331. The molecule has 0 unspecified atom stereocenters. The van der Waals surface area contributed by atoms with Gasteiger partial charge in [-0.15, -0.1) is 0 Å². The molecule has 0 aliphatic rings. The number of nitrogens with zero attached hydrogens (tertiary/aromatic N) is 1. The van der Waals surface area contributed by atoms with Crippen LogP contribution in [0.1, 0.15) is 24.2 Å². The molecule has 0 spiro atoms. The summed E-state index contributed by atoms with van der Waals surface area (Å²) in [6.45, 7) is 2.63. The fraction of sp³-hybridized carbons (Fsp3) is 0.333. The van der Waals surface area contributed by atoms with Crippen molar-refractivity contribution in [1.29, 1.82) is 0 Å². The standard InChI is InChI=1S/C9H10FNO2/c1-9(2,13)8(12)6-3-4-11-5-7(6)10/h3-5,13H,1-2H3. The monoisotopic (exact) mass is 183 g/mol. The van der Waals surface area contributed by atoms with Gasteiger partial charge in [0.15, 0.2) is 11.6 Å². The average Bonchev–Trinajstić information content (AvgIpc) is 2.02. The topological polar surface area (TPSA) is 50.2 Å². The maximum atomic E-state index is 13.0. The number of hydrogen-bond acceptors (Lipinski definition) is 3. The summed E-state index contributed by atoms with van der Waals surface area (Å²) in [6.07, 6.45) is 2.25. The van der Waals surface area contributed by atoms with Gasteiger partial charge in [-0.1, -0.05) is 0 Å². The van der Waals surface area contributed by atoms with Crippen LogP contribution < -0.4 is 0 Å². The lowest BCUT2D eigenvalue weighted by Gasteiger charge is -2.15. The zero-order valence-corrected chi connectivity index (χ0v) is 7.41. The van der Waals surface area contributed by atoms with Crippen LogP contribution in [-0.4, -0.2) is 21.5 Å². The van der Waals surface area contributed by atoms with E-state index >= 15 is 0 Å². The molecule has 70 valence electrons. The van der Waals surface area contributed by atoms with Crippen LogP contribution in [-0.2, 0) is 0 Å². The van der Waals surface area contributed by atoms with Crippen molar-refractivity contribution in [3.8, 4) is 0 Å². The number of carbonyl (C=O) groups excluding carboxylic acids is 1. The maximum Gasteiger partial charge on any atom is 0.196 e. The first-order valence-electron chi connectivity index (χ1n) is 3.79. The molecule has 0 aromatic carbocycles. The third-order valence-corrected chi connectivity index (χ3v) is 1.57. The van der Waals surface area contributed by atoms with Gasteiger partial charge in [0, 0.05) is 6.20 Å². The Balaban J connectivity index is 3.10. The van der Waals surface area contributed by atoms with Crippen molar-refractivity contribution in [3.63, 3.8) is 0 Å². The molecule has 13 heavy (non-hydrogen) atoms. The van der Waals surface area contributed by atoms with Gasteiger partial charge in [-0.3, -0.25) is 9.78 Å². The zero-order chi connectivity index (χ0) is 10.1. The van der Waals surface area contributed by atoms with Gasteiger partial charge in [0.05, 0.1) is 11.8 Å². The van der Waals surface area contributed by atoms with E-state index < -0.39 is 17.2 Å². The molecule has 3 nitrogen and oxygen atoms in total. The molecule has 0 amide bonds. The van der Waals surface area contributed by atoms with E-state index in [4.69, 9.17) is 0 Å². The van der Waals surface area contributed by atoms with Gasteiger partial charge >= 0.3 is 0 Å². The molecule has 1 N–H and O–H groups in total. The Morgan fingerprint density at radius 3 is 2.69 bits per heavy atom. The third kappa shape index (κ3) is 2.09. The molecule has 0 aliphatic carbocycles. The molecule has 0 radical (unpaired) electrons. The highest BCUT2D eigenvalue weighted by molar-refractivity contribution is 6.01. The molecule has 0 aliphatic heterocycles. The van der Waals surface area contributed by atoms with Crippen LogP contribution in [0.25, 0.3) is 0 Å². The normalized spacial score (nSPS) is 11.4. The fourth-order valence-corrected chi connectivity index (χ4v) is 0.889. The van der Waals surface area contributed by atoms with Gasteiger partial charge in [0.2, 0.25) is 0 Å². The smallest absolute Gasteiger partial charge is 0.196 e. The van der Waals surface area contributed by atoms with E-state index in [0.717, 1.165) is 6.20 Å². The van der Waals surface area contributed by atoms with E-state index in [-0.39, 0.29) is 5.56 Å². The molecule has 0 fully saturated rings. The Kier molecular flexibility index (Phi) is 2.43. The minimum atomic E-state index is -1.55. The van der Waals surface area contributed by atoms with Crippen LogP contribution in [0.4, 0.5) is 4.39 Å². The lowest BCUT2D eigenvalue weighted by Crippen LogP contribution is -2.31. The lowest BCUT2D eigenvalue weighted by molar-refractivity contribution is 0.0483. The van der Waals surface area contributed by atoms with Crippen molar-refractivity contribution in [2.75, 3.05) is 0 Å². The SMILES string of the molecule is CC(C)(O)C(=O)c1ccncc1F. The molecule has 0 atom stereocenters. The highest BCUT2D eigenvalue weighted by Gasteiger charge is 2.27. The van der Waals surface area contributed by atoms with Gasteiger partial charge in [0.25, 0.3) is 0 Å². The summed E-state index contributed by atoms with van der Waals surface area (Å²) in [5.74, 6) is -1.36. The number of carbonyl (C=O) groups is 1. The summed E-state index contributed by atoms with van der Waals surface area (Å²) >= 11 is 0. The van der Waals surface area contributed by atoms with Crippen molar-refractivity contribution in [2.24, 2.45) is 0 Å². The van der Waals surface area contributed by atoms with Crippen LogP contribution >= 0.6 is 0 Å². The van der Waals surface area contributed by atoms with E-state index in [9.17, 15) is 14.3 Å². The largest absolute Gasteiger partial charge is 0.382 e. The maximum absolute atomic E-state index is 13.0. The van der Waals surface area contributed by atoms with Crippen molar-refractivity contribution in [1.82, 2.24) is 4.98 Å². The quantitative estimate of drug-likeness (QED) is 0.700. The number of ketones is 1. The van der Waals surface area contributed by atoms with E-state index in [1.165, 1.54) is 26.1 Å². The van der Waals surface area contributed by atoms with Crippen molar-refractivity contribution < 1.29 is 14.3 Å². The van der Waals surface area contributed by atoms with Crippen molar-refractivity contribution >= 4 is 5.78 Å². The van der Waals surface area contributed by atoms with E-state index in [1.54, 1.807) is 0 Å². The van der Waals surface area contributed by atoms with E-state index in [2.05, 4.69) is 4.98 Å². The Labute approximate surface area is 75.2 Å². The van der Waals surface area contributed by atoms with E-state index in [1.807, 2.05) is 0 Å². The number of aliphatic hydroxyl groups is 1. The molecule has 0 saturated carbocycles. The van der Waals surface area contributed by atoms with Crippen molar-refractivity contribution in [3.05, 3.63) is 29.8 Å². The van der Waals surface area contributed by atoms with Crippen LogP contribution in [0.2, 0.25) is 0 Å². The van der Waals surface area contributed by atoms with Crippen LogP contribution in [0.3, 0.4) is 0 Å². The molecule has 1 aromatic rings. The first-order chi connectivity index (χ1) is 5.93. The van der Waals surface area contributed by atoms with Gasteiger partial charge in [-0.05, 0) is 19.9 Å². The number of pyridine rings is 1. The zero-order valence-electron chi connectivity index (χ0n) is 7.41. The summed E-state index contributed by atoms with van der Waals surface area (Å²) < 4.78 is 13.0. The Morgan fingerprint density at radius 2 is 2.23 bits per heavy atom. The van der Waals surface area contributed by atoms with Gasteiger partial charge < -0.3 is 5.11 Å². The average molecular weight is 183 g/mol. The van der Waals surface area contributed by atoms with Gasteiger partial charge in [0.1, 0.15) is 5.60 Å². The molecule has 4 heteroatoms. The van der Waals surface area contributed by atoms with Crippen molar-refractivity contribution in [2.45, 2.75) is 19.4 Å². The minimum absolute atomic E-state index is 0.137. The number of rotatable bonds is 2. The number of hydrogen-bond donors (Lipinski definition) is 1. The predicted molar refractivity (Wildman–Crippen MR) is 44.8 cm³/mol. The second-order valence-electron chi connectivity index (χ2n) is 3.24. The highest BCUT2D eigenvalue weighted by Crippen LogP contribution is 2.14. The predicted octanol–water partition coefficient (Wildman–Crippen LogP) is 1.17. The molecule has 0 bridgehead atoms. The highest BCUT2D eigenvalue weighted by atomic mass is 19.1. The minimum Gasteiger partial charge on any atom is -0.382 e. The summed E-state index contributed by atoms with van der Waals surface area (Å²) in [6, 6.07) is 1.25. The fourth-order valence-electron chi connectivity index (χ4n) is 0.889.